The molecule has 4 rings (SSSR count). The number of fused-ring (bicyclic) bond motifs is 1. The maximum absolute atomic E-state index is 13.9. The number of methoxy groups -OCH3 is 1. The zero-order valence-electron chi connectivity index (χ0n) is 21.9. The van der Waals surface area contributed by atoms with E-state index < -0.39 is 6.04 Å². The van der Waals surface area contributed by atoms with Gasteiger partial charge in [-0.15, -0.1) is 0 Å². The Kier molecular flexibility index (Phi) is 8.80. The van der Waals surface area contributed by atoms with Crippen molar-refractivity contribution in [3.8, 4) is 11.5 Å². The topological polar surface area (TPSA) is 73.1 Å². The first-order chi connectivity index (χ1) is 18.2. The first kappa shape index (κ1) is 28.1. The van der Waals surface area contributed by atoms with Crippen molar-refractivity contribution in [2.45, 2.75) is 33.7 Å². The highest BCUT2D eigenvalue weighted by atomic mass is 79.9. The molecule has 1 atom stereocenters. The Balaban J connectivity index is 1.94. The minimum absolute atomic E-state index is 0.133. The molecule has 0 bridgehead atoms. The quantitative estimate of drug-likeness (QED) is 0.359. The van der Waals surface area contributed by atoms with Gasteiger partial charge in [0.25, 0.3) is 11.5 Å². The van der Waals surface area contributed by atoms with E-state index in [2.05, 4.69) is 15.9 Å². The molecular weight excluding hydrogens is 590 g/mol. The third-order valence-corrected chi connectivity index (χ3v) is 8.15. The van der Waals surface area contributed by atoms with Crippen LogP contribution in [0.3, 0.4) is 0 Å². The fourth-order valence-electron chi connectivity index (χ4n) is 4.52. The van der Waals surface area contributed by atoms with Crippen LogP contribution in [0.2, 0.25) is 5.02 Å². The number of rotatable bonds is 8. The molecule has 0 fully saturated rings. The van der Waals surface area contributed by atoms with Gasteiger partial charge in [-0.1, -0.05) is 35.1 Å². The SMILES string of the molecule is CCOc1cc(/C=c2/sc3n(c2=O)[C@H](c2ccc(Cl)cc2)C(C(=O)N(CC)CC)=C(C)N=3)cc(Br)c1OC. The van der Waals surface area contributed by atoms with Gasteiger partial charge in [0.15, 0.2) is 16.3 Å². The molecule has 0 spiro atoms. The van der Waals surface area contributed by atoms with E-state index in [1.165, 1.54) is 11.3 Å². The number of ether oxygens (including phenoxy) is 2. The average Bonchev–Trinajstić information content (AvgIpc) is 3.18. The van der Waals surface area contributed by atoms with Gasteiger partial charge in [-0.2, -0.15) is 0 Å². The van der Waals surface area contributed by atoms with Crippen LogP contribution < -0.4 is 24.4 Å². The molecule has 0 aliphatic carbocycles. The first-order valence-electron chi connectivity index (χ1n) is 12.3. The second-order valence-electron chi connectivity index (χ2n) is 8.58. The van der Waals surface area contributed by atoms with Crippen LogP contribution in [-0.2, 0) is 4.79 Å². The van der Waals surface area contributed by atoms with E-state index in [4.69, 9.17) is 26.1 Å². The molecule has 1 amide bonds. The summed E-state index contributed by atoms with van der Waals surface area (Å²) in [5, 5.41) is 0.577. The molecular formula is C28H29BrClN3O4S. The Morgan fingerprint density at radius 1 is 1.21 bits per heavy atom. The Morgan fingerprint density at radius 2 is 1.89 bits per heavy atom. The van der Waals surface area contributed by atoms with Gasteiger partial charge in [0, 0.05) is 18.1 Å². The Morgan fingerprint density at radius 3 is 2.50 bits per heavy atom. The van der Waals surface area contributed by atoms with Crippen LogP contribution in [0.15, 0.2) is 61.9 Å². The molecule has 0 saturated carbocycles. The third-order valence-electron chi connectivity index (χ3n) is 6.32. The van der Waals surface area contributed by atoms with Crippen LogP contribution in [0.1, 0.15) is 44.9 Å². The molecule has 0 saturated heterocycles. The number of allylic oxidation sites excluding steroid dienone is 1. The van der Waals surface area contributed by atoms with Gasteiger partial charge in [-0.25, -0.2) is 4.99 Å². The number of thiazole rings is 1. The summed E-state index contributed by atoms with van der Waals surface area (Å²) in [6.45, 7) is 9.18. The summed E-state index contributed by atoms with van der Waals surface area (Å²) >= 11 is 11.0. The minimum atomic E-state index is -0.625. The molecule has 0 unspecified atom stereocenters. The van der Waals surface area contributed by atoms with Crippen LogP contribution in [0.25, 0.3) is 6.08 Å². The number of amides is 1. The lowest BCUT2D eigenvalue weighted by Gasteiger charge is -2.29. The van der Waals surface area contributed by atoms with Gasteiger partial charge in [-0.05, 0) is 85.1 Å². The van der Waals surface area contributed by atoms with Crippen molar-refractivity contribution >= 4 is 50.9 Å². The van der Waals surface area contributed by atoms with Crippen LogP contribution in [0.5, 0.6) is 11.5 Å². The number of hydrogen-bond donors (Lipinski definition) is 0. The summed E-state index contributed by atoms with van der Waals surface area (Å²) < 4.78 is 14.0. The number of aromatic nitrogens is 1. The van der Waals surface area contributed by atoms with Crippen molar-refractivity contribution in [2.24, 2.45) is 4.99 Å². The highest BCUT2D eigenvalue weighted by Gasteiger charge is 2.34. The van der Waals surface area contributed by atoms with Crippen LogP contribution in [-0.4, -0.2) is 42.2 Å². The van der Waals surface area contributed by atoms with Crippen molar-refractivity contribution in [1.29, 1.82) is 0 Å². The summed E-state index contributed by atoms with van der Waals surface area (Å²) in [5.41, 5.74) is 2.42. The van der Waals surface area contributed by atoms with E-state index >= 15 is 0 Å². The molecule has 10 heteroatoms. The van der Waals surface area contributed by atoms with Gasteiger partial charge in [0.2, 0.25) is 0 Å². The molecule has 2 heterocycles. The number of carbonyl (C=O) groups is 1. The molecule has 2 aromatic carbocycles. The number of hydrogen-bond acceptors (Lipinski definition) is 6. The summed E-state index contributed by atoms with van der Waals surface area (Å²) in [7, 11) is 1.58. The fraction of sp³-hybridized carbons (Fsp3) is 0.321. The number of benzene rings is 2. The van der Waals surface area contributed by atoms with E-state index in [9.17, 15) is 9.59 Å². The lowest BCUT2D eigenvalue weighted by atomic mass is 9.94. The number of halogens is 2. The predicted octanol–water partition coefficient (Wildman–Crippen LogP) is 4.93. The van der Waals surface area contributed by atoms with Gasteiger partial charge < -0.3 is 14.4 Å². The monoisotopic (exact) mass is 617 g/mol. The van der Waals surface area contributed by atoms with Gasteiger partial charge in [0.05, 0.1) is 40.0 Å². The summed E-state index contributed by atoms with van der Waals surface area (Å²) in [6, 6.07) is 10.3. The van der Waals surface area contributed by atoms with E-state index in [0.717, 1.165) is 11.1 Å². The number of carbonyl (C=O) groups excluding carboxylic acids is 1. The highest BCUT2D eigenvalue weighted by molar-refractivity contribution is 9.10. The standard InChI is InChI=1S/C28H29BrClN3O4S/c1-6-32(7-2)27(35)23-16(4)31-28-33(24(23)18-9-11-19(30)12-10-18)26(34)22(38-28)15-17-13-20(29)25(36-5)21(14-17)37-8-3/h9-15,24H,6-8H2,1-5H3/b22-15+/t24-/m1/s1. The number of likely N-dealkylation sites (N-methyl/N-ethyl adjacent to an activating group) is 1. The predicted molar refractivity (Wildman–Crippen MR) is 155 cm³/mol. The lowest BCUT2D eigenvalue weighted by molar-refractivity contribution is -0.127. The van der Waals surface area contributed by atoms with Crippen LogP contribution >= 0.6 is 38.9 Å². The largest absolute Gasteiger partial charge is 0.492 e. The van der Waals surface area contributed by atoms with Crippen LogP contribution in [0.4, 0.5) is 0 Å². The molecule has 3 aromatic rings. The molecule has 1 aliphatic heterocycles. The van der Waals surface area contributed by atoms with Crippen molar-refractivity contribution in [2.75, 3.05) is 26.8 Å². The Bertz CT molecular complexity index is 1570. The second-order valence-corrected chi connectivity index (χ2v) is 10.9. The Labute approximate surface area is 238 Å². The smallest absolute Gasteiger partial charge is 0.271 e. The fourth-order valence-corrected chi connectivity index (χ4v) is 6.31. The van der Waals surface area contributed by atoms with E-state index in [1.807, 2.05) is 52.0 Å². The average molecular weight is 619 g/mol. The van der Waals surface area contributed by atoms with E-state index in [0.29, 0.717) is 61.3 Å². The molecule has 7 nitrogen and oxygen atoms in total. The molecule has 1 aromatic heterocycles. The van der Waals surface area contributed by atoms with Crippen molar-refractivity contribution < 1.29 is 14.3 Å². The molecule has 1 aliphatic rings. The zero-order valence-corrected chi connectivity index (χ0v) is 25.0. The normalized spacial score (nSPS) is 15.2. The Hall–Kier alpha value is -2.88. The van der Waals surface area contributed by atoms with Gasteiger partial charge >= 0.3 is 0 Å². The van der Waals surface area contributed by atoms with Crippen molar-refractivity contribution in [3.63, 3.8) is 0 Å². The molecule has 200 valence electrons. The molecule has 0 N–H and O–H groups in total. The minimum Gasteiger partial charge on any atom is -0.492 e. The van der Waals surface area contributed by atoms with Gasteiger partial charge in [-0.3, -0.25) is 14.2 Å². The van der Waals surface area contributed by atoms with E-state index in [1.54, 1.807) is 34.8 Å². The third kappa shape index (κ3) is 5.32. The number of nitrogens with zero attached hydrogens (tertiary/aromatic N) is 3. The van der Waals surface area contributed by atoms with E-state index in [-0.39, 0.29) is 11.5 Å². The zero-order chi connectivity index (χ0) is 27.6. The van der Waals surface area contributed by atoms with Crippen molar-refractivity contribution in [1.82, 2.24) is 9.47 Å². The maximum Gasteiger partial charge on any atom is 0.271 e. The van der Waals surface area contributed by atoms with Gasteiger partial charge in [0.1, 0.15) is 0 Å². The lowest BCUT2D eigenvalue weighted by Crippen LogP contribution is -2.43. The maximum atomic E-state index is 13.9. The summed E-state index contributed by atoms with van der Waals surface area (Å²) in [6.07, 6.45) is 1.81. The summed E-state index contributed by atoms with van der Waals surface area (Å²) in [4.78, 5) is 34.6. The molecule has 38 heavy (non-hydrogen) atoms. The molecule has 0 radical (unpaired) electrons. The summed E-state index contributed by atoms with van der Waals surface area (Å²) in [5.74, 6) is 1.03. The van der Waals surface area contributed by atoms with Crippen molar-refractivity contribution in [3.05, 3.63) is 88.0 Å². The van der Waals surface area contributed by atoms with Crippen LogP contribution in [0, 0.1) is 0 Å². The first-order valence-corrected chi connectivity index (χ1v) is 14.3. The second kappa shape index (κ2) is 11.9. The highest BCUT2D eigenvalue weighted by Crippen LogP contribution is 2.37.